The number of methoxy groups -OCH3 is 2. The first-order chi connectivity index (χ1) is 24.6. The minimum atomic E-state index is -1.15. The van der Waals surface area contributed by atoms with Gasteiger partial charge in [0.05, 0.1) is 59.9 Å². The Kier molecular flexibility index (Phi) is 10.7. The van der Waals surface area contributed by atoms with Crippen LogP contribution < -0.4 is 20.6 Å². The van der Waals surface area contributed by atoms with Gasteiger partial charge < -0.3 is 18.6 Å². The molecular formula is C35H36N8O5S4. The molecule has 6 aromatic heterocycles. The van der Waals surface area contributed by atoms with E-state index in [1.165, 1.54) is 20.7 Å². The highest BCUT2D eigenvalue weighted by Crippen LogP contribution is 2.34. The third-order valence-electron chi connectivity index (χ3n) is 8.36. The second-order valence-electron chi connectivity index (χ2n) is 11.5. The van der Waals surface area contributed by atoms with Crippen molar-refractivity contribution >= 4 is 87.7 Å². The van der Waals surface area contributed by atoms with Crippen LogP contribution in [0.3, 0.4) is 0 Å². The molecule has 52 heavy (non-hydrogen) atoms. The van der Waals surface area contributed by atoms with Crippen LogP contribution >= 0.6 is 34.4 Å². The van der Waals surface area contributed by atoms with E-state index >= 15 is 0 Å². The number of fused-ring (bicyclic) bond motifs is 6. The molecule has 0 spiro atoms. The smallest absolute Gasteiger partial charge is 0.291 e. The zero-order valence-corrected chi connectivity index (χ0v) is 31.7. The topological polar surface area (TPSA) is 141 Å². The van der Waals surface area contributed by atoms with E-state index in [-0.39, 0.29) is 18.5 Å². The summed E-state index contributed by atoms with van der Waals surface area (Å²) in [7, 11) is 5.76. The monoisotopic (exact) mass is 776 g/mol. The Morgan fingerprint density at radius 1 is 0.769 bits per heavy atom. The largest absolute Gasteiger partial charge is 0.497 e. The van der Waals surface area contributed by atoms with Gasteiger partial charge in [-0.15, -0.1) is 22.7 Å². The Balaban J connectivity index is 0.000000175. The van der Waals surface area contributed by atoms with Gasteiger partial charge in [0.1, 0.15) is 22.5 Å². The standard InChI is InChI=1S/C17H16N4O3S2.C17H16N4O2S2.CH4/c1-20-13-12(14-15(20)19-17(25-14)26(3)23)8-18-21(16(13)22)9-10-5-4-6-11(7-10)24-2;1-20-13-12(14-15(20)19-17(24-3)25-14)8-18-21(16(13)22)9-10-5-4-6-11(7-10)23-2;/h4-8H,9H2,1-3H3;4-8H,9H2,1-3H3;1H4. The van der Waals surface area contributed by atoms with E-state index in [0.717, 1.165) is 52.8 Å². The summed E-state index contributed by atoms with van der Waals surface area (Å²) in [5, 5.41) is 10.3. The zero-order valence-electron chi connectivity index (χ0n) is 28.4. The summed E-state index contributed by atoms with van der Waals surface area (Å²) in [6, 6.07) is 15.2. The van der Waals surface area contributed by atoms with E-state index in [4.69, 9.17) is 9.47 Å². The van der Waals surface area contributed by atoms with Gasteiger partial charge in [-0.2, -0.15) is 10.2 Å². The molecule has 2 aromatic carbocycles. The number of benzene rings is 2. The third kappa shape index (κ3) is 6.64. The number of hydrogen-bond donors (Lipinski definition) is 0. The van der Waals surface area contributed by atoms with Crippen molar-refractivity contribution in [2.24, 2.45) is 14.1 Å². The van der Waals surface area contributed by atoms with Crippen molar-refractivity contribution in [1.82, 2.24) is 38.7 Å². The third-order valence-corrected chi connectivity index (χ3v) is 12.8. The lowest BCUT2D eigenvalue weighted by Crippen LogP contribution is -2.24. The van der Waals surface area contributed by atoms with Crippen LogP contribution in [-0.2, 0) is 38.0 Å². The van der Waals surface area contributed by atoms with Gasteiger partial charge in [0, 0.05) is 31.1 Å². The number of hydrogen-bond acceptors (Lipinski definition) is 12. The molecule has 8 rings (SSSR count). The lowest BCUT2D eigenvalue weighted by molar-refractivity contribution is 0.414. The van der Waals surface area contributed by atoms with Crippen molar-refractivity contribution < 1.29 is 13.7 Å². The summed E-state index contributed by atoms with van der Waals surface area (Å²) in [5.74, 6) is 1.50. The van der Waals surface area contributed by atoms with Crippen molar-refractivity contribution in [2.75, 3.05) is 26.7 Å². The second kappa shape index (κ2) is 15.0. The van der Waals surface area contributed by atoms with Crippen LogP contribution in [0.2, 0.25) is 0 Å². The average molecular weight is 777 g/mol. The molecule has 0 saturated carbocycles. The number of aryl methyl sites for hydroxylation is 2. The van der Waals surface area contributed by atoms with Crippen LogP contribution in [-0.4, -0.2) is 69.6 Å². The molecule has 1 atom stereocenters. The van der Waals surface area contributed by atoms with Crippen LogP contribution in [0, 0.1) is 0 Å². The molecule has 13 nitrogen and oxygen atoms in total. The fourth-order valence-electron chi connectivity index (χ4n) is 5.86. The molecule has 0 amide bonds. The lowest BCUT2D eigenvalue weighted by atomic mass is 10.2. The van der Waals surface area contributed by atoms with Gasteiger partial charge in [-0.25, -0.2) is 19.3 Å². The van der Waals surface area contributed by atoms with Gasteiger partial charge in [0.15, 0.2) is 20.0 Å². The average Bonchev–Trinajstić information content (AvgIpc) is 3.89. The molecule has 1 unspecified atom stereocenters. The molecule has 0 radical (unpaired) electrons. The molecule has 6 heterocycles. The Hall–Kier alpha value is -4.84. The van der Waals surface area contributed by atoms with Gasteiger partial charge >= 0.3 is 0 Å². The van der Waals surface area contributed by atoms with Gasteiger partial charge in [-0.1, -0.05) is 43.5 Å². The van der Waals surface area contributed by atoms with Crippen LogP contribution in [0.15, 0.2) is 79.2 Å². The number of nitrogens with zero attached hydrogens (tertiary/aromatic N) is 8. The van der Waals surface area contributed by atoms with Crippen LogP contribution in [0.25, 0.3) is 42.5 Å². The van der Waals surface area contributed by atoms with E-state index in [9.17, 15) is 13.8 Å². The highest BCUT2D eigenvalue weighted by Gasteiger charge is 2.20. The summed E-state index contributed by atoms with van der Waals surface area (Å²) in [6.07, 6.45) is 7.04. The number of thioether (sulfide) groups is 1. The normalized spacial score (nSPS) is 11.9. The summed E-state index contributed by atoms with van der Waals surface area (Å²) < 4.78 is 32.1. The molecule has 0 aliphatic carbocycles. The summed E-state index contributed by atoms with van der Waals surface area (Å²) in [6.45, 7) is 0.747. The van der Waals surface area contributed by atoms with E-state index in [1.54, 1.807) is 67.6 Å². The van der Waals surface area contributed by atoms with Gasteiger partial charge in [0.2, 0.25) is 0 Å². The van der Waals surface area contributed by atoms with Crippen LogP contribution in [0.1, 0.15) is 18.6 Å². The van der Waals surface area contributed by atoms with Gasteiger partial charge in [-0.05, 0) is 41.6 Å². The molecule has 8 aromatic rings. The molecule has 0 fully saturated rings. The quantitative estimate of drug-likeness (QED) is 0.171. The minimum Gasteiger partial charge on any atom is -0.497 e. The maximum atomic E-state index is 13.0. The fourth-order valence-corrected chi connectivity index (χ4v) is 9.24. The first-order valence-corrected chi connectivity index (χ1v) is 19.9. The van der Waals surface area contributed by atoms with Crippen molar-refractivity contribution in [3.63, 3.8) is 0 Å². The lowest BCUT2D eigenvalue weighted by Gasteiger charge is -2.07. The van der Waals surface area contributed by atoms with Gasteiger partial charge in [-0.3, -0.25) is 13.8 Å². The minimum absolute atomic E-state index is 0. The van der Waals surface area contributed by atoms with Crippen LogP contribution in [0.4, 0.5) is 0 Å². The van der Waals surface area contributed by atoms with E-state index < -0.39 is 10.8 Å². The Morgan fingerprint density at radius 3 is 1.71 bits per heavy atom. The van der Waals surface area contributed by atoms with E-state index in [2.05, 4.69) is 20.2 Å². The predicted octanol–water partition coefficient (Wildman–Crippen LogP) is 5.90. The molecule has 17 heteroatoms. The predicted molar refractivity (Wildman–Crippen MR) is 211 cm³/mol. The van der Waals surface area contributed by atoms with Crippen LogP contribution in [0.5, 0.6) is 11.5 Å². The molecule has 270 valence electrons. The highest BCUT2D eigenvalue weighted by atomic mass is 32.2. The first-order valence-electron chi connectivity index (χ1n) is 15.4. The highest BCUT2D eigenvalue weighted by molar-refractivity contribution is 8.00. The maximum Gasteiger partial charge on any atom is 0.291 e. The van der Waals surface area contributed by atoms with Crippen molar-refractivity contribution in [3.8, 4) is 11.5 Å². The summed E-state index contributed by atoms with van der Waals surface area (Å²) in [4.78, 5) is 34.9. The zero-order chi connectivity index (χ0) is 36.0. The summed E-state index contributed by atoms with van der Waals surface area (Å²) >= 11 is 4.55. The van der Waals surface area contributed by atoms with Crippen molar-refractivity contribution in [1.29, 1.82) is 0 Å². The molecule has 0 N–H and O–H groups in total. The Bertz CT molecular complexity index is 2740. The Morgan fingerprint density at radius 2 is 1.25 bits per heavy atom. The number of thiazole rings is 2. The SMILES string of the molecule is C.COc1cccc(Cn2ncc3c4sc(S(C)=O)nc4n(C)c3c2=O)c1.COc1cccc(Cn2ncc3c4sc(SC)nc4n(C)c3c2=O)c1. The van der Waals surface area contributed by atoms with E-state index in [1.807, 2.05) is 66.4 Å². The molecule has 0 aliphatic heterocycles. The number of rotatable bonds is 8. The molecule has 0 bridgehead atoms. The second-order valence-corrected chi connectivity index (χ2v) is 16.1. The van der Waals surface area contributed by atoms with Crippen molar-refractivity contribution in [3.05, 3.63) is 92.8 Å². The van der Waals surface area contributed by atoms with Gasteiger partial charge in [0.25, 0.3) is 11.1 Å². The molecule has 0 aliphatic rings. The van der Waals surface area contributed by atoms with E-state index in [0.29, 0.717) is 34.1 Å². The number of aromatic nitrogens is 8. The Labute approximate surface area is 312 Å². The molecule has 0 saturated heterocycles. The summed E-state index contributed by atoms with van der Waals surface area (Å²) in [5.41, 5.74) is 4.28. The van der Waals surface area contributed by atoms with Crippen molar-refractivity contribution in [2.45, 2.75) is 29.2 Å². The fraction of sp³-hybridized carbons (Fsp3) is 0.257. The first kappa shape index (κ1) is 36.9. The number of ether oxygens (including phenoxy) is 2. The maximum absolute atomic E-state index is 13.0. The molecular weight excluding hydrogens is 741 g/mol.